The van der Waals surface area contributed by atoms with E-state index in [1.54, 1.807) is 31.2 Å². The number of carbonyl (C=O) groups excluding carboxylic acids is 1. The standard InChI is InChI=1S/C22H19F2N3O5/c1-14(8-9-15-10-11-18-19(12-15)32-22(23,24)31-18)26-30-13-16-6-4-5-7-17(16)20(27-29-3)21(28)25-2/h4-7,10-12H,13H2,1-3H3,(H,25,28)/b26-14+,27-20+. The number of amides is 1. The molecule has 10 heteroatoms. The number of carbonyl (C=O) groups is 1. The molecule has 2 aromatic rings. The Balaban J connectivity index is 1.68. The van der Waals surface area contributed by atoms with Crippen LogP contribution >= 0.6 is 0 Å². The largest absolute Gasteiger partial charge is 0.586 e. The van der Waals surface area contributed by atoms with Crippen molar-refractivity contribution < 1.29 is 32.7 Å². The minimum Gasteiger partial charge on any atom is -0.398 e. The smallest absolute Gasteiger partial charge is 0.398 e. The maximum absolute atomic E-state index is 13.1. The van der Waals surface area contributed by atoms with E-state index in [9.17, 15) is 13.6 Å². The third-order valence-electron chi connectivity index (χ3n) is 4.11. The van der Waals surface area contributed by atoms with E-state index in [4.69, 9.17) is 9.68 Å². The minimum atomic E-state index is -3.68. The average Bonchev–Trinajstić information content (AvgIpc) is 3.09. The Morgan fingerprint density at radius 1 is 1.16 bits per heavy atom. The van der Waals surface area contributed by atoms with Crippen LogP contribution in [0.4, 0.5) is 8.78 Å². The van der Waals surface area contributed by atoms with Gasteiger partial charge in [0.25, 0.3) is 5.91 Å². The number of halogens is 2. The first-order chi connectivity index (χ1) is 15.3. The number of alkyl halides is 2. The first-order valence-corrected chi connectivity index (χ1v) is 9.33. The fraction of sp³-hybridized carbons (Fsp3) is 0.227. The number of nitrogens with one attached hydrogen (secondary N) is 1. The van der Waals surface area contributed by atoms with Gasteiger partial charge in [0.15, 0.2) is 17.2 Å². The lowest BCUT2D eigenvalue weighted by atomic mass is 10.0. The third kappa shape index (κ3) is 5.51. The number of likely N-dealkylation sites (N-methyl/N-ethyl adjacent to an activating group) is 1. The second-order valence-corrected chi connectivity index (χ2v) is 6.39. The summed E-state index contributed by atoms with van der Waals surface area (Å²) >= 11 is 0. The van der Waals surface area contributed by atoms with Crippen LogP contribution in [0, 0.1) is 11.8 Å². The SMILES string of the molecule is CNC(=O)/C(=N/OC)c1ccccc1CO/N=C(\C)C#Cc1ccc2c(c1)OC(F)(F)O2. The first-order valence-electron chi connectivity index (χ1n) is 9.33. The Morgan fingerprint density at radius 2 is 1.91 bits per heavy atom. The summed E-state index contributed by atoms with van der Waals surface area (Å²) in [7, 11) is 2.84. The second-order valence-electron chi connectivity index (χ2n) is 6.39. The summed E-state index contributed by atoms with van der Waals surface area (Å²) in [6.45, 7) is 1.68. The highest BCUT2D eigenvalue weighted by Crippen LogP contribution is 2.41. The van der Waals surface area contributed by atoms with Gasteiger partial charge in [-0.15, -0.1) is 8.78 Å². The molecule has 0 unspecified atom stereocenters. The van der Waals surface area contributed by atoms with Gasteiger partial charge in [0, 0.05) is 29.8 Å². The van der Waals surface area contributed by atoms with Gasteiger partial charge in [0.05, 0.1) is 0 Å². The lowest BCUT2D eigenvalue weighted by Crippen LogP contribution is -2.29. The summed E-state index contributed by atoms with van der Waals surface area (Å²) in [6.07, 6.45) is -3.68. The number of rotatable bonds is 6. The van der Waals surface area contributed by atoms with E-state index in [2.05, 4.69) is 36.9 Å². The molecule has 166 valence electrons. The van der Waals surface area contributed by atoms with Crippen LogP contribution in [0.1, 0.15) is 23.6 Å². The number of oxime groups is 2. The van der Waals surface area contributed by atoms with Crippen LogP contribution in [0.25, 0.3) is 0 Å². The summed E-state index contributed by atoms with van der Waals surface area (Å²) in [4.78, 5) is 22.2. The van der Waals surface area contributed by atoms with Gasteiger partial charge in [0.1, 0.15) is 19.4 Å². The van der Waals surface area contributed by atoms with Crippen molar-refractivity contribution in [2.75, 3.05) is 14.2 Å². The van der Waals surface area contributed by atoms with Crippen molar-refractivity contribution in [3.05, 3.63) is 59.2 Å². The Morgan fingerprint density at radius 3 is 2.66 bits per heavy atom. The van der Waals surface area contributed by atoms with E-state index in [1.165, 1.54) is 32.4 Å². The predicted octanol–water partition coefficient (Wildman–Crippen LogP) is 3.05. The molecular weight excluding hydrogens is 424 g/mol. The van der Waals surface area contributed by atoms with Crippen molar-refractivity contribution in [2.45, 2.75) is 19.8 Å². The third-order valence-corrected chi connectivity index (χ3v) is 4.11. The fourth-order valence-electron chi connectivity index (χ4n) is 2.71. The van der Waals surface area contributed by atoms with Gasteiger partial charge in [0.2, 0.25) is 0 Å². The number of fused-ring (bicyclic) bond motifs is 1. The van der Waals surface area contributed by atoms with Gasteiger partial charge in [-0.3, -0.25) is 4.79 Å². The molecule has 0 spiro atoms. The molecule has 0 radical (unpaired) electrons. The molecule has 3 rings (SSSR count). The van der Waals surface area contributed by atoms with Gasteiger partial charge < -0.3 is 24.5 Å². The van der Waals surface area contributed by atoms with E-state index in [1.807, 2.05) is 0 Å². The molecule has 1 N–H and O–H groups in total. The second kappa shape index (κ2) is 9.78. The molecule has 0 atom stereocenters. The van der Waals surface area contributed by atoms with E-state index >= 15 is 0 Å². The highest BCUT2D eigenvalue weighted by Gasteiger charge is 2.43. The first kappa shape index (κ1) is 22.6. The quantitative estimate of drug-likeness (QED) is 0.421. The molecule has 1 amide bonds. The summed E-state index contributed by atoms with van der Waals surface area (Å²) in [5.41, 5.74) is 2.08. The summed E-state index contributed by atoms with van der Waals surface area (Å²) in [5.74, 6) is 5.00. The molecule has 1 aliphatic heterocycles. The molecule has 2 aromatic carbocycles. The molecule has 0 fully saturated rings. The Labute approximate surface area is 182 Å². The van der Waals surface area contributed by atoms with Crippen molar-refractivity contribution in [1.29, 1.82) is 0 Å². The Bertz CT molecular complexity index is 1140. The van der Waals surface area contributed by atoms with Gasteiger partial charge in [-0.25, -0.2) is 0 Å². The highest BCUT2D eigenvalue weighted by atomic mass is 19.3. The zero-order chi connectivity index (χ0) is 23.1. The van der Waals surface area contributed by atoms with Gasteiger partial charge in [-0.05, 0) is 25.0 Å². The highest BCUT2D eigenvalue weighted by molar-refractivity contribution is 6.45. The molecule has 8 nitrogen and oxygen atoms in total. The number of hydrogen-bond acceptors (Lipinski definition) is 7. The average molecular weight is 443 g/mol. The summed E-state index contributed by atoms with van der Waals surface area (Å²) < 4.78 is 34.9. The fourth-order valence-corrected chi connectivity index (χ4v) is 2.71. The summed E-state index contributed by atoms with van der Waals surface area (Å²) in [6, 6.07) is 11.3. The zero-order valence-electron chi connectivity index (χ0n) is 17.4. The van der Waals surface area contributed by atoms with Gasteiger partial charge in [-0.2, -0.15) is 0 Å². The van der Waals surface area contributed by atoms with Crippen LogP contribution in [0.3, 0.4) is 0 Å². The molecule has 0 aromatic heterocycles. The van der Waals surface area contributed by atoms with Crippen molar-refractivity contribution in [3.63, 3.8) is 0 Å². The van der Waals surface area contributed by atoms with E-state index in [-0.39, 0.29) is 23.8 Å². The van der Waals surface area contributed by atoms with Crippen LogP contribution in [0.2, 0.25) is 0 Å². The van der Waals surface area contributed by atoms with Crippen molar-refractivity contribution in [1.82, 2.24) is 5.32 Å². The van der Waals surface area contributed by atoms with Crippen LogP contribution in [0.5, 0.6) is 11.5 Å². The zero-order valence-corrected chi connectivity index (χ0v) is 17.4. The molecule has 0 saturated carbocycles. The van der Waals surface area contributed by atoms with Gasteiger partial charge in [-0.1, -0.05) is 40.5 Å². The van der Waals surface area contributed by atoms with Crippen molar-refractivity contribution in [2.24, 2.45) is 10.3 Å². The minimum absolute atomic E-state index is 0.0496. The monoisotopic (exact) mass is 443 g/mol. The number of nitrogens with zero attached hydrogens (tertiary/aromatic N) is 2. The molecule has 0 saturated heterocycles. The van der Waals surface area contributed by atoms with Gasteiger partial charge >= 0.3 is 6.29 Å². The lowest BCUT2D eigenvalue weighted by Gasteiger charge is -2.09. The molecule has 0 aliphatic carbocycles. The van der Waals surface area contributed by atoms with Crippen LogP contribution in [-0.2, 0) is 21.1 Å². The number of ether oxygens (including phenoxy) is 2. The number of hydrogen-bond donors (Lipinski definition) is 1. The molecule has 32 heavy (non-hydrogen) atoms. The lowest BCUT2D eigenvalue weighted by molar-refractivity contribution is -0.286. The van der Waals surface area contributed by atoms with E-state index in [0.717, 1.165) is 0 Å². The van der Waals surface area contributed by atoms with Crippen LogP contribution in [-0.4, -0.2) is 37.8 Å². The molecule has 1 heterocycles. The summed E-state index contributed by atoms with van der Waals surface area (Å²) in [5, 5.41) is 10.2. The maximum Gasteiger partial charge on any atom is 0.586 e. The molecule has 1 aliphatic rings. The topological polar surface area (TPSA) is 90.7 Å². The normalized spacial score (nSPS) is 14.3. The van der Waals surface area contributed by atoms with Crippen molar-refractivity contribution in [3.8, 4) is 23.3 Å². The molecular formula is C22H19F2N3O5. The number of benzene rings is 2. The van der Waals surface area contributed by atoms with Crippen molar-refractivity contribution >= 4 is 17.3 Å². The predicted molar refractivity (Wildman–Crippen MR) is 111 cm³/mol. The molecule has 0 bridgehead atoms. The van der Waals surface area contributed by atoms with E-state index < -0.39 is 12.2 Å². The Kier molecular flexibility index (Phi) is 6.90. The van der Waals surface area contributed by atoms with Crippen LogP contribution < -0.4 is 14.8 Å². The Hall–Kier alpha value is -4.13. The van der Waals surface area contributed by atoms with Crippen LogP contribution in [0.15, 0.2) is 52.8 Å². The maximum atomic E-state index is 13.1. The van der Waals surface area contributed by atoms with E-state index in [0.29, 0.717) is 22.4 Å².